The van der Waals surface area contributed by atoms with Gasteiger partial charge in [-0.05, 0) is 25.8 Å². The Labute approximate surface area is 109 Å². The van der Waals surface area contributed by atoms with Crippen molar-refractivity contribution < 1.29 is 8.42 Å². The third-order valence-electron chi connectivity index (χ3n) is 3.02. The van der Waals surface area contributed by atoms with Crippen LogP contribution in [0.15, 0.2) is 20.7 Å². The molecule has 0 amide bonds. The van der Waals surface area contributed by atoms with E-state index in [1.165, 1.54) is 0 Å². The lowest BCUT2D eigenvalue weighted by Crippen LogP contribution is -2.35. The molecule has 1 atom stereocenters. The molecule has 106 valence electrons. The molecule has 9 heteroatoms. The van der Waals surface area contributed by atoms with Crippen LogP contribution in [0.4, 0.5) is 0 Å². The van der Waals surface area contributed by atoms with Crippen LogP contribution >= 0.6 is 0 Å². The number of H-pyrrole nitrogens is 2. The fourth-order valence-electron chi connectivity index (χ4n) is 2.05. The van der Waals surface area contributed by atoms with Crippen molar-refractivity contribution in [2.45, 2.75) is 30.2 Å². The van der Waals surface area contributed by atoms with Gasteiger partial charge in [0.15, 0.2) is 4.90 Å². The monoisotopic (exact) mass is 288 g/mol. The van der Waals surface area contributed by atoms with E-state index in [1.54, 1.807) is 0 Å². The Morgan fingerprint density at radius 3 is 2.79 bits per heavy atom. The minimum atomic E-state index is -3.89. The van der Waals surface area contributed by atoms with E-state index in [0.717, 1.165) is 25.6 Å². The normalized spacial score (nSPS) is 19.7. The van der Waals surface area contributed by atoms with E-state index in [-0.39, 0.29) is 6.54 Å². The standard InChI is InChI=1S/C10H16N4O4S/c15-9-8(6-12-10(16)14-9)19(17,18)13-5-3-7-2-1-4-11-7/h6-7,11,13H,1-5H2,(H2,12,14,15,16)/t7-/m0/s1. The second-order valence-corrected chi connectivity index (χ2v) is 6.15. The van der Waals surface area contributed by atoms with Crippen LogP contribution in [0.2, 0.25) is 0 Å². The van der Waals surface area contributed by atoms with E-state index >= 15 is 0 Å². The molecule has 0 saturated carbocycles. The van der Waals surface area contributed by atoms with E-state index in [4.69, 9.17) is 0 Å². The predicted octanol–water partition coefficient (Wildman–Crippen LogP) is -1.52. The van der Waals surface area contributed by atoms with Crippen molar-refractivity contribution in [3.05, 3.63) is 27.0 Å². The van der Waals surface area contributed by atoms with E-state index < -0.39 is 26.2 Å². The molecule has 19 heavy (non-hydrogen) atoms. The van der Waals surface area contributed by atoms with Crippen LogP contribution in [0.1, 0.15) is 19.3 Å². The first-order valence-electron chi connectivity index (χ1n) is 6.04. The summed E-state index contributed by atoms with van der Waals surface area (Å²) in [7, 11) is -3.89. The topological polar surface area (TPSA) is 124 Å². The lowest BCUT2D eigenvalue weighted by atomic mass is 10.2. The second kappa shape index (κ2) is 5.68. The Hall–Kier alpha value is -1.45. The van der Waals surface area contributed by atoms with Gasteiger partial charge in [0, 0.05) is 18.8 Å². The van der Waals surface area contributed by atoms with Crippen LogP contribution in [0, 0.1) is 0 Å². The lowest BCUT2D eigenvalue weighted by Gasteiger charge is -2.10. The number of aromatic amines is 2. The van der Waals surface area contributed by atoms with Gasteiger partial charge >= 0.3 is 5.69 Å². The van der Waals surface area contributed by atoms with E-state index in [9.17, 15) is 18.0 Å². The van der Waals surface area contributed by atoms with Crippen LogP contribution in [-0.2, 0) is 10.0 Å². The molecule has 1 aliphatic rings. The maximum atomic E-state index is 11.9. The fourth-order valence-corrected chi connectivity index (χ4v) is 3.10. The molecule has 0 unspecified atom stereocenters. The third-order valence-corrected chi connectivity index (χ3v) is 4.49. The molecular weight excluding hydrogens is 272 g/mol. The second-order valence-electron chi connectivity index (χ2n) is 4.42. The van der Waals surface area contributed by atoms with Crippen LogP contribution in [0.3, 0.4) is 0 Å². The van der Waals surface area contributed by atoms with Gasteiger partial charge in [-0.3, -0.25) is 9.78 Å². The first-order valence-corrected chi connectivity index (χ1v) is 7.52. The van der Waals surface area contributed by atoms with E-state index in [0.29, 0.717) is 12.5 Å². The summed E-state index contributed by atoms with van der Waals surface area (Å²) in [6.45, 7) is 1.20. The van der Waals surface area contributed by atoms with Gasteiger partial charge < -0.3 is 10.3 Å². The molecule has 1 aromatic rings. The minimum Gasteiger partial charge on any atom is -0.314 e. The Balaban J connectivity index is 2.01. The average Bonchev–Trinajstić information content (AvgIpc) is 2.81. The summed E-state index contributed by atoms with van der Waals surface area (Å²) in [5.41, 5.74) is -1.66. The number of sulfonamides is 1. The summed E-state index contributed by atoms with van der Waals surface area (Å²) < 4.78 is 26.1. The molecule has 0 aromatic carbocycles. The maximum absolute atomic E-state index is 11.9. The molecule has 0 bridgehead atoms. The number of nitrogens with one attached hydrogen (secondary N) is 4. The van der Waals surface area contributed by atoms with Crippen molar-refractivity contribution in [2.24, 2.45) is 0 Å². The number of hydrogen-bond acceptors (Lipinski definition) is 5. The molecule has 1 aromatic heterocycles. The maximum Gasteiger partial charge on any atom is 0.325 e. The molecule has 8 nitrogen and oxygen atoms in total. The van der Waals surface area contributed by atoms with Gasteiger partial charge in [-0.25, -0.2) is 17.9 Å². The Kier molecular flexibility index (Phi) is 4.17. The summed E-state index contributed by atoms with van der Waals surface area (Å²) >= 11 is 0. The highest BCUT2D eigenvalue weighted by Crippen LogP contribution is 2.08. The van der Waals surface area contributed by atoms with Gasteiger partial charge in [-0.1, -0.05) is 0 Å². The summed E-state index contributed by atoms with van der Waals surface area (Å²) in [6.07, 6.45) is 3.69. The molecule has 4 N–H and O–H groups in total. The Morgan fingerprint density at radius 1 is 1.37 bits per heavy atom. The van der Waals surface area contributed by atoms with E-state index in [2.05, 4.69) is 15.0 Å². The van der Waals surface area contributed by atoms with E-state index in [1.807, 2.05) is 4.98 Å². The minimum absolute atomic E-state index is 0.249. The molecule has 1 saturated heterocycles. The van der Waals surface area contributed by atoms with Crippen molar-refractivity contribution in [2.75, 3.05) is 13.1 Å². The van der Waals surface area contributed by atoms with Crippen molar-refractivity contribution >= 4 is 10.0 Å². The van der Waals surface area contributed by atoms with Crippen molar-refractivity contribution in [3.8, 4) is 0 Å². The zero-order chi connectivity index (χ0) is 13.9. The predicted molar refractivity (Wildman–Crippen MR) is 68.5 cm³/mol. The zero-order valence-corrected chi connectivity index (χ0v) is 11.0. The van der Waals surface area contributed by atoms with Gasteiger partial charge in [-0.15, -0.1) is 0 Å². The zero-order valence-electron chi connectivity index (χ0n) is 10.2. The molecule has 0 aliphatic carbocycles. The third kappa shape index (κ3) is 3.52. The largest absolute Gasteiger partial charge is 0.325 e. The highest BCUT2D eigenvalue weighted by Gasteiger charge is 2.20. The SMILES string of the molecule is O=c1[nH]cc(S(=O)(=O)NCC[C@@H]2CCCN2)c(=O)[nH]1. The van der Waals surface area contributed by atoms with Crippen LogP contribution in [0.25, 0.3) is 0 Å². The molecule has 2 rings (SSSR count). The molecule has 0 spiro atoms. The number of rotatable bonds is 5. The van der Waals surface area contributed by atoms with Gasteiger partial charge in [0.05, 0.1) is 0 Å². The number of aromatic nitrogens is 2. The Bertz CT molecular complexity index is 642. The van der Waals surface area contributed by atoms with Gasteiger partial charge in [0.1, 0.15) is 0 Å². The summed E-state index contributed by atoms with van der Waals surface area (Å²) in [5, 5.41) is 3.25. The lowest BCUT2D eigenvalue weighted by molar-refractivity contribution is 0.538. The average molecular weight is 288 g/mol. The first-order chi connectivity index (χ1) is 8.99. The number of hydrogen-bond donors (Lipinski definition) is 4. The van der Waals surface area contributed by atoms with Gasteiger partial charge in [-0.2, -0.15) is 0 Å². The summed E-state index contributed by atoms with van der Waals surface area (Å²) in [4.78, 5) is 25.8. The van der Waals surface area contributed by atoms with Crippen LogP contribution < -0.4 is 21.3 Å². The summed E-state index contributed by atoms with van der Waals surface area (Å²) in [5.74, 6) is 0. The van der Waals surface area contributed by atoms with Crippen molar-refractivity contribution in [1.29, 1.82) is 0 Å². The summed E-state index contributed by atoms with van der Waals surface area (Å²) in [6, 6.07) is 0.316. The van der Waals surface area contributed by atoms with Gasteiger partial charge in [0.2, 0.25) is 10.0 Å². The molecule has 1 aliphatic heterocycles. The highest BCUT2D eigenvalue weighted by atomic mass is 32.2. The quantitative estimate of drug-likeness (QED) is 0.524. The first kappa shape index (κ1) is 14.0. The van der Waals surface area contributed by atoms with Crippen LogP contribution in [-0.4, -0.2) is 37.5 Å². The molecule has 0 radical (unpaired) electrons. The smallest absolute Gasteiger partial charge is 0.314 e. The van der Waals surface area contributed by atoms with Crippen molar-refractivity contribution in [3.63, 3.8) is 0 Å². The van der Waals surface area contributed by atoms with Crippen LogP contribution in [0.5, 0.6) is 0 Å². The molecular formula is C10H16N4O4S. The van der Waals surface area contributed by atoms with Gasteiger partial charge in [0.25, 0.3) is 5.56 Å². The molecule has 2 heterocycles. The van der Waals surface area contributed by atoms with Crippen molar-refractivity contribution in [1.82, 2.24) is 20.0 Å². The Morgan fingerprint density at radius 2 is 2.16 bits per heavy atom. The molecule has 1 fully saturated rings. The highest BCUT2D eigenvalue weighted by molar-refractivity contribution is 7.89. The fraction of sp³-hybridized carbons (Fsp3) is 0.600.